The van der Waals surface area contributed by atoms with Gasteiger partial charge >= 0.3 is 0 Å². The summed E-state index contributed by atoms with van der Waals surface area (Å²) in [5.74, 6) is 0.882. The van der Waals surface area contributed by atoms with Gasteiger partial charge in [-0.3, -0.25) is 14.3 Å². The molecule has 22 heavy (non-hydrogen) atoms. The van der Waals surface area contributed by atoms with E-state index in [1.165, 1.54) is 4.68 Å². The summed E-state index contributed by atoms with van der Waals surface area (Å²) in [5, 5.41) is 7.20. The Morgan fingerprint density at radius 3 is 2.77 bits per heavy atom. The fourth-order valence-corrected chi connectivity index (χ4v) is 2.30. The molecule has 2 heterocycles. The molecule has 112 valence electrons. The van der Waals surface area contributed by atoms with Gasteiger partial charge in [-0.2, -0.15) is 5.10 Å². The summed E-state index contributed by atoms with van der Waals surface area (Å²) in [5.41, 5.74) is 0.192. The maximum atomic E-state index is 12.4. The maximum Gasteiger partial charge on any atom is 0.276 e. The number of aryl methyl sites for hydroxylation is 2. The smallest absolute Gasteiger partial charge is 0.276 e. The second-order valence-corrected chi connectivity index (χ2v) is 5.01. The molecule has 0 bridgehead atoms. The molecule has 6 nitrogen and oxygen atoms in total. The highest BCUT2D eigenvalue weighted by atomic mass is 16.3. The lowest BCUT2D eigenvalue weighted by Crippen LogP contribution is -2.31. The van der Waals surface area contributed by atoms with Gasteiger partial charge in [0.05, 0.1) is 12.1 Å². The summed E-state index contributed by atoms with van der Waals surface area (Å²) in [4.78, 5) is 24.6. The van der Waals surface area contributed by atoms with Crippen LogP contribution in [0.15, 0.2) is 45.6 Å². The van der Waals surface area contributed by atoms with Gasteiger partial charge in [0.2, 0.25) is 5.43 Å². The van der Waals surface area contributed by atoms with Crippen LogP contribution >= 0.6 is 0 Å². The number of hydrogen-bond acceptors (Lipinski definition) is 4. The second kappa shape index (κ2) is 5.48. The van der Waals surface area contributed by atoms with Gasteiger partial charge in [0.15, 0.2) is 5.69 Å². The Morgan fingerprint density at radius 2 is 2.05 bits per heavy atom. The van der Waals surface area contributed by atoms with E-state index in [2.05, 4.69) is 10.4 Å². The highest BCUT2D eigenvalue weighted by molar-refractivity contribution is 5.95. The molecule has 0 aliphatic rings. The maximum absolute atomic E-state index is 12.4. The number of aromatic nitrogens is 2. The van der Waals surface area contributed by atoms with Crippen molar-refractivity contribution < 1.29 is 9.21 Å². The minimum atomic E-state index is -0.514. The predicted octanol–water partition coefficient (Wildman–Crippen LogP) is 1.76. The largest absolute Gasteiger partial charge is 0.465 e. The Labute approximate surface area is 126 Å². The Morgan fingerprint density at radius 1 is 1.27 bits per heavy atom. The number of amides is 1. The number of hydrogen-bond donors (Lipinski definition) is 1. The van der Waals surface area contributed by atoms with E-state index in [1.807, 2.05) is 19.1 Å². The third-order valence-corrected chi connectivity index (χ3v) is 3.40. The molecule has 0 saturated heterocycles. The number of rotatable bonds is 3. The molecule has 3 aromatic rings. The van der Waals surface area contributed by atoms with Gasteiger partial charge < -0.3 is 9.73 Å². The molecule has 1 N–H and O–H groups in total. The predicted molar refractivity (Wildman–Crippen MR) is 81.6 cm³/mol. The van der Waals surface area contributed by atoms with Crippen LogP contribution in [0.25, 0.3) is 10.9 Å². The Balaban J connectivity index is 1.91. The molecule has 0 saturated carbocycles. The van der Waals surface area contributed by atoms with Gasteiger partial charge in [-0.15, -0.1) is 0 Å². The molecule has 0 unspecified atom stereocenters. The summed E-state index contributed by atoms with van der Waals surface area (Å²) in [6, 6.07) is 10.7. The van der Waals surface area contributed by atoms with Crippen LogP contribution in [0, 0.1) is 6.92 Å². The topological polar surface area (TPSA) is 77.1 Å². The summed E-state index contributed by atoms with van der Waals surface area (Å²) >= 11 is 0. The zero-order chi connectivity index (χ0) is 15.7. The van der Waals surface area contributed by atoms with Crippen LogP contribution in [0.2, 0.25) is 0 Å². The van der Waals surface area contributed by atoms with Gasteiger partial charge in [0.25, 0.3) is 5.91 Å². The van der Waals surface area contributed by atoms with Crippen LogP contribution in [0.5, 0.6) is 0 Å². The van der Waals surface area contributed by atoms with Gasteiger partial charge in [-0.05, 0) is 31.2 Å². The molecule has 0 aliphatic carbocycles. The van der Waals surface area contributed by atoms with Gasteiger partial charge in [-0.1, -0.05) is 12.1 Å². The van der Waals surface area contributed by atoms with Gasteiger partial charge in [-0.25, -0.2) is 0 Å². The van der Waals surface area contributed by atoms with E-state index in [4.69, 9.17) is 4.42 Å². The Kier molecular flexibility index (Phi) is 3.50. The number of benzene rings is 1. The number of carbonyl (C=O) groups is 1. The van der Waals surface area contributed by atoms with Crippen LogP contribution in [-0.4, -0.2) is 15.7 Å². The highest BCUT2D eigenvalue weighted by Gasteiger charge is 2.16. The molecule has 0 aliphatic heterocycles. The number of carbonyl (C=O) groups excluding carboxylic acids is 1. The second-order valence-electron chi connectivity index (χ2n) is 5.01. The minimum Gasteiger partial charge on any atom is -0.465 e. The van der Waals surface area contributed by atoms with E-state index >= 15 is 0 Å². The third kappa shape index (κ3) is 2.50. The molecule has 1 aromatic carbocycles. The van der Waals surface area contributed by atoms with Crippen molar-refractivity contribution in [3.63, 3.8) is 0 Å². The summed E-state index contributed by atoms with van der Waals surface area (Å²) in [6.07, 6.45) is 0. The van der Waals surface area contributed by atoms with E-state index in [0.29, 0.717) is 16.7 Å². The van der Waals surface area contributed by atoms with Crippen LogP contribution < -0.4 is 10.7 Å². The number of furan rings is 1. The molecular formula is C16H15N3O3. The normalized spacial score (nSPS) is 10.8. The highest BCUT2D eigenvalue weighted by Crippen LogP contribution is 2.09. The lowest BCUT2D eigenvalue weighted by Gasteiger charge is -2.07. The van der Waals surface area contributed by atoms with Crippen molar-refractivity contribution in [1.29, 1.82) is 0 Å². The van der Waals surface area contributed by atoms with Crippen LogP contribution in [0.3, 0.4) is 0 Å². The summed E-state index contributed by atoms with van der Waals surface area (Å²) in [6.45, 7) is 2.04. The zero-order valence-electron chi connectivity index (χ0n) is 12.3. The van der Waals surface area contributed by atoms with E-state index in [9.17, 15) is 9.59 Å². The number of nitrogens with zero attached hydrogens (tertiary/aromatic N) is 2. The first-order valence-corrected chi connectivity index (χ1v) is 6.86. The average molecular weight is 297 g/mol. The van der Waals surface area contributed by atoms with Crippen molar-refractivity contribution in [3.8, 4) is 0 Å². The minimum absolute atomic E-state index is 0.121. The SMILES string of the molecule is Cc1ccc(CNC(=O)c2nn(C)c3ccccc3c2=O)o1. The fraction of sp³-hybridized carbons (Fsp3) is 0.188. The first kappa shape index (κ1) is 14.1. The molecule has 0 atom stereocenters. The average Bonchev–Trinajstić information content (AvgIpc) is 2.94. The van der Waals surface area contributed by atoms with Crippen molar-refractivity contribution in [2.45, 2.75) is 13.5 Å². The zero-order valence-corrected chi connectivity index (χ0v) is 12.3. The van der Waals surface area contributed by atoms with Gasteiger partial charge in [0, 0.05) is 12.4 Å². The number of para-hydroxylation sites is 1. The monoisotopic (exact) mass is 297 g/mol. The van der Waals surface area contributed by atoms with E-state index in [-0.39, 0.29) is 17.7 Å². The lowest BCUT2D eigenvalue weighted by molar-refractivity contribution is 0.0940. The molecule has 1 amide bonds. The fourth-order valence-electron chi connectivity index (χ4n) is 2.30. The first-order valence-electron chi connectivity index (χ1n) is 6.86. The molecule has 0 fully saturated rings. The molecule has 2 aromatic heterocycles. The third-order valence-electron chi connectivity index (χ3n) is 3.40. The first-order chi connectivity index (χ1) is 10.6. The Bertz CT molecular complexity index is 908. The summed E-state index contributed by atoms with van der Waals surface area (Å²) < 4.78 is 6.91. The number of nitrogens with one attached hydrogen (secondary N) is 1. The summed E-state index contributed by atoms with van der Waals surface area (Å²) in [7, 11) is 1.70. The van der Waals surface area contributed by atoms with Crippen molar-refractivity contribution in [2.75, 3.05) is 0 Å². The van der Waals surface area contributed by atoms with E-state index in [0.717, 1.165) is 5.76 Å². The number of fused-ring (bicyclic) bond motifs is 1. The van der Waals surface area contributed by atoms with E-state index < -0.39 is 5.91 Å². The standard InChI is InChI=1S/C16H15N3O3/c1-10-7-8-11(22-10)9-17-16(21)14-15(20)12-5-3-4-6-13(12)19(2)18-14/h3-8H,9H2,1-2H3,(H,17,21). The van der Waals surface area contributed by atoms with Crippen molar-refractivity contribution in [1.82, 2.24) is 15.1 Å². The Hall–Kier alpha value is -2.89. The van der Waals surface area contributed by atoms with Crippen LogP contribution in [-0.2, 0) is 13.6 Å². The van der Waals surface area contributed by atoms with Crippen LogP contribution in [0.1, 0.15) is 22.0 Å². The van der Waals surface area contributed by atoms with Crippen molar-refractivity contribution in [3.05, 3.63) is 63.8 Å². The molecule has 3 rings (SSSR count). The van der Waals surface area contributed by atoms with Crippen molar-refractivity contribution >= 4 is 16.8 Å². The molecular weight excluding hydrogens is 282 g/mol. The van der Waals surface area contributed by atoms with Crippen molar-refractivity contribution in [2.24, 2.45) is 7.05 Å². The van der Waals surface area contributed by atoms with Gasteiger partial charge in [0.1, 0.15) is 11.5 Å². The lowest BCUT2D eigenvalue weighted by atomic mass is 10.2. The molecule has 0 radical (unpaired) electrons. The molecule has 0 spiro atoms. The van der Waals surface area contributed by atoms with E-state index in [1.54, 1.807) is 31.3 Å². The quantitative estimate of drug-likeness (QED) is 0.799. The van der Waals surface area contributed by atoms with Crippen LogP contribution in [0.4, 0.5) is 0 Å². The molecule has 6 heteroatoms.